The van der Waals surface area contributed by atoms with Gasteiger partial charge < -0.3 is 10.1 Å². The van der Waals surface area contributed by atoms with Gasteiger partial charge in [0.05, 0.1) is 18.0 Å². The number of pyridine rings is 1. The molecule has 24 heavy (non-hydrogen) atoms. The fourth-order valence-electron chi connectivity index (χ4n) is 2.59. The molecule has 0 aliphatic heterocycles. The summed E-state index contributed by atoms with van der Waals surface area (Å²) in [5.41, 5.74) is 2.70. The lowest BCUT2D eigenvalue weighted by molar-refractivity contribution is 0.102. The number of nitrogens with one attached hydrogen (secondary N) is 1. The number of benzene rings is 1. The van der Waals surface area contributed by atoms with Crippen LogP contribution in [-0.4, -0.2) is 21.9 Å². The van der Waals surface area contributed by atoms with Crippen LogP contribution in [0.4, 0.5) is 5.69 Å². The third kappa shape index (κ3) is 3.14. The molecule has 0 atom stereocenters. The first-order chi connectivity index (χ1) is 11.6. The van der Waals surface area contributed by atoms with Crippen molar-refractivity contribution in [3.05, 3.63) is 58.5 Å². The van der Waals surface area contributed by atoms with Crippen molar-refractivity contribution >= 4 is 33.2 Å². The number of anilines is 1. The second kappa shape index (κ2) is 7.05. The second-order valence-corrected chi connectivity index (χ2v) is 6.14. The van der Waals surface area contributed by atoms with Gasteiger partial charge in [0, 0.05) is 10.7 Å². The lowest BCUT2D eigenvalue weighted by Crippen LogP contribution is -2.17. The second-order valence-electron chi connectivity index (χ2n) is 5.22. The molecule has 0 radical (unpaired) electrons. The van der Waals surface area contributed by atoms with Crippen LogP contribution < -0.4 is 10.1 Å². The molecule has 2 heterocycles. The van der Waals surface area contributed by atoms with Crippen LogP contribution in [0.3, 0.4) is 0 Å². The van der Waals surface area contributed by atoms with E-state index in [1.165, 1.54) is 0 Å². The normalized spacial score (nSPS) is 10.8. The van der Waals surface area contributed by atoms with E-state index in [0.717, 1.165) is 15.8 Å². The SMILES string of the molecule is CCOc1ccccc1NC(=O)c1c(CC)nc2ccc(Br)cn12. The molecule has 1 N–H and O–H groups in total. The molecule has 0 bridgehead atoms. The van der Waals surface area contributed by atoms with Gasteiger partial charge in [-0.2, -0.15) is 0 Å². The van der Waals surface area contributed by atoms with Crippen LogP contribution >= 0.6 is 15.9 Å². The first-order valence-electron chi connectivity index (χ1n) is 7.83. The van der Waals surface area contributed by atoms with Gasteiger partial charge in [0.15, 0.2) is 0 Å². The van der Waals surface area contributed by atoms with Crippen molar-refractivity contribution < 1.29 is 9.53 Å². The molecule has 0 spiro atoms. The zero-order chi connectivity index (χ0) is 17.1. The van der Waals surface area contributed by atoms with Crippen molar-refractivity contribution in [2.45, 2.75) is 20.3 Å². The molecule has 5 nitrogen and oxygen atoms in total. The summed E-state index contributed by atoms with van der Waals surface area (Å²) >= 11 is 3.45. The first kappa shape index (κ1) is 16.5. The Labute approximate surface area is 148 Å². The van der Waals surface area contributed by atoms with Crippen molar-refractivity contribution in [2.75, 3.05) is 11.9 Å². The number of para-hydroxylation sites is 2. The summed E-state index contributed by atoms with van der Waals surface area (Å²) in [5.74, 6) is 0.450. The Morgan fingerprint density at radius 1 is 1.25 bits per heavy atom. The summed E-state index contributed by atoms with van der Waals surface area (Å²) in [6.45, 7) is 4.44. The average molecular weight is 388 g/mol. The number of carbonyl (C=O) groups excluding carboxylic acids is 1. The van der Waals surface area contributed by atoms with Crippen molar-refractivity contribution in [2.24, 2.45) is 0 Å². The van der Waals surface area contributed by atoms with E-state index in [-0.39, 0.29) is 5.91 Å². The highest BCUT2D eigenvalue weighted by Crippen LogP contribution is 2.25. The maximum atomic E-state index is 12.9. The highest BCUT2D eigenvalue weighted by atomic mass is 79.9. The maximum Gasteiger partial charge on any atom is 0.274 e. The number of nitrogens with zero attached hydrogens (tertiary/aromatic N) is 2. The number of fused-ring (bicyclic) bond motifs is 1. The number of hydrogen-bond acceptors (Lipinski definition) is 3. The van der Waals surface area contributed by atoms with E-state index >= 15 is 0 Å². The van der Waals surface area contributed by atoms with Crippen LogP contribution in [0.2, 0.25) is 0 Å². The number of hydrogen-bond donors (Lipinski definition) is 1. The quantitative estimate of drug-likeness (QED) is 0.709. The largest absolute Gasteiger partial charge is 0.492 e. The number of aryl methyl sites for hydroxylation is 1. The standard InChI is InChI=1S/C18H18BrN3O2/c1-3-13-17(22-11-12(19)9-10-16(22)20-13)18(23)21-14-7-5-6-8-15(14)24-4-2/h5-11H,3-4H2,1-2H3,(H,21,23). The predicted molar refractivity (Wildman–Crippen MR) is 97.8 cm³/mol. The van der Waals surface area contributed by atoms with Gasteiger partial charge in [0.2, 0.25) is 0 Å². The van der Waals surface area contributed by atoms with Crippen LogP contribution in [0.5, 0.6) is 5.75 Å². The Bertz CT molecular complexity index is 889. The van der Waals surface area contributed by atoms with Gasteiger partial charge in [0.25, 0.3) is 5.91 Å². The minimum absolute atomic E-state index is 0.204. The molecule has 0 aliphatic carbocycles. The number of imidazole rings is 1. The van der Waals surface area contributed by atoms with Gasteiger partial charge in [-0.1, -0.05) is 19.1 Å². The predicted octanol–water partition coefficient (Wildman–Crippen LogP) is 4.31. The molecule has 0 saturated carbocycles. The number of rotatable bonds is 5. The fraction of sp³-hybridized carbons (Fsp3) is 0.222. The molecule has 6 heteroatoms. The Morgan fingerprint density at radius 3 is 2.79 bits per heavy atom. The number of amides is 1. The average Bonchev–Trinajstić information content (AvgIpc) is 2.94. The molecule has 2 aromatic heterocycles. The van der Waals surface area contributed by atoms with Gasteiger partial charge in [-0.3, -0.25) is 9.20 Å². The van der Waals surface area contributed by atoms with E-state index in [2.05, 4.69) is 26.2 Å². The third-order valence-electron chi connectivity index (χ3n) is 3.64. The molecular weight excluding hydrogens is 370 g/mol. The van der Waals surface area contributed by atoms with Crippen molar-refractivity contribution in [1.82, 2.24) is 9.38 Å². The Kier molecular flexibility index (Phi) is 4.85. The van der Waals surface area contributed by atoms with Crippen LogP contribution in [0, 0.1) is 0 Å². The van der Waals surface area contributed by atoms with Crippen LogP contribution in [0.1, 0.15) is 30.0 Å². The highest BCUT2D eigenvalue weighted by Gasteiger charge is 2.19. The molecule has 0 fully saturated rings. The first-order valence-corrected chi connectivity index (χ1v) is 8.63. The highest BCUT2D eigenvalue weighted by molar-refractivity contribution is 9.10. The molecule has 124 valence electrons. The fourth-order valence-corrected chi connectivity index (χ4v) is 2.92. The van der Waals surface area contributed by atoms with Gasteiger partial charge in [-0.05, 0) is 53.5 Å². The van der Waals surface area contributed by atoms with E-state index < -0.39 is 0 Å². The molecular formula is C18H18BrN3O2. The molecule has 3 aromatic rings. The summed E-state index contributed by atoms with van der Waals surface area (Å²) in [6, 6.07) is 11.2. The monoisotopic (exact) mass is 387 g/mol. The summed E-state index contributed by atoms with van der Waals surface area (Å²) in [5, 5.41) is 2.94. The van der Waals surface area contributed by atoms with E-state index in [9.17, 15) is 4.79 Å². The Morgan fingerprint density at radius 2 is 2.04 bits per heavy atom. The molecule has 3 rings (SSSR count). The van der Waals surface area contributed by atoms with E-state index in [4.69, 9.17) is 4.74 Å². The van der Waals surface area contributed by atoms with Crippen LogP contribution in [-0.2, 0) is 6.42 Å². The van der Waals surface area contributed by atoms with Gasteiger partial charge in [-0.25, -0.2) is 4.98 Å². The van der Waals surface area contributed by atoms with E-state index in [0.29, 0.717) is 30.2 Å². The Balaban J connectivity index is 2.01. The molecule has 1 aromatic carbocycles. The van der Waals surface area contributed by atoms with Gasteiger partial charge in [0.1, 0.15) is 17.1 Å². The number of halogens is 1. The number of ether oxygens (including phenoxy) is 1. The number of carbonyl (C=O) groups is 1. The van der Waals surface area contributed by atoms with Gasteiger partial charge in [-0.15, -0.1) is 0 Å². The minimum Gasteiger partial charge on any atom is -0.492 e. The smallest absolute Gasteiger partial charge is 0.274 e. The lowest BCUT2D eigenvalue weighted by Gasteiger charge is -2.11. The van der Waals surface area contributed by atoms with Crippen LogP contribution in [0.15, 0.2) is 47.1 Å². The molecule has 0 saturated heterocycles. The third-order valence-corrected chi connectivity index (χ3v) is 4.11. The lowest BCUT2D eigenvalue weighted by atomic mass is 10.2. The zero-order valence-corrected chi connectivity index (χ0v) is 15.1. The molecule has 1 amide bonds. The van der Waals surface area contributed by atoms with E-state index in [1.54, 1.807) is 0 Å². The summed E-state index contributed by atoms with van der Waals surface area (Å²) in [6.07, 6.45) is 2.53. The molecule has 0 aliphatic rings. The maximum absolute atomic E-state index is 12.9. The minimum atomic E-state index is -0.204. The van der Waals surface area contributed by atoms with Crippen molar-refractivity contribution in [3.63, 3.8) is 0 Å². The zero-order valence-electron chi connectivity index (χ0n) is 13.5. The number of aromatic nitrogens is 2. The Hall–Kier alpha value is -2.34. The van der Waals surface area contributed by atoms with Crippen molar-refractivity contribution in [3.8, 4) is 5.75 Å². The summed E-state index contributed by atoms with van der Waals surface area (Å²) in [7, 11) is 0. The summed E-state index contributed by atoms with van der Waals surface area (Å²) in [4.78, 5) is 17.4. The summed E-state index contributed by atoms with van der Waals surface area (Å²) < 4.78 is 8.27. The molecule has 0 unspecified atom stereocenters. The van der Waals surface area contributed by atoms with Gasteiger partial charge >= 0.3 is 0 Å². The van der Waals surface area contributed by atoms with Crippen LogP contribution in [0.25, 0.3) is 5.65 Å². The van der Waals surface area contributed by atoms with E-state index in [1.807, 2.05) is 60.8 Å². The topological polar surface area (TPSA) is 55.6 Å². The van der Waals surface area contributed by atoms with Crippen molar-refractivity contribution in [1.29, 1.82) is 0 Å².